The van der Waals surface area contributed by atoms with Crippen molar-refractivity contribution >= 4 is 29.6 Å². The van der Waals surface area contributed by atoms with Crippen LogP contribution in [0.4, 0.5) is 0 Å². The fourth-order valence-electron chi connectivity index (χ4n) is 5.20. The third-order valence-electron chi connectivity index (χ3n) is 6.81. The van der Waals surface area contributed by atoms with Gasteiger partial charge in [-0.15, -0.1) is 0 Å². The Morgan fingerprint density at radius 3 is 1.00 bits per heavy atom. The van der Waals surface area contributed by atoms with E-state index in [9.17, 15) is 0 Å². The zero-order chi connectivity index (χ0) is 22.0. The van der Waals surface area contributed by atoms with Crippen molar-refractivity contribution in [3.8, 4) is 0 Å². The van der Waals surface area contributed by atoms with Gasteiger partial charge in [0.1, 0.15) is 8.07 Å². The second-order valence-electron chi connectivity index (χ2n) is 8.65. The molecule has 0 spiro atoms. The van der Waals surface area contributed by atoms with E-state index in [0.29, 0.717) is 0 Å². The second kappa shape index (κ2) is 8.61. The molecule has 1 heteroatoms. The van der Waals surface area contributed by atoms with Crippen LogP contribution in [-0.4, -0.2) is 8.07 Å². The molecule has 1 heterocycles. The lowest BCUT2D eigenvalue weighted by atomic mass is 9.89. The fraction of sp³-hybridized carbons (Fsp3) is 0.0968. The lowest BCUT2D eigenvalue weighted by Gasteiger charge is -2.29. The van der Waals surface area contributed by atoms with Crippen LogP contribution in [0.3, 0.4) is 0 Å². The maximum atomic E-state index is 2.57. The lowest BCUT2D eigenvalue weighted by Crippen LogP contribution is -2.32. The molecule has 0 bridgehead atoms. The van der Waals surface area contributed by atoms with Gasteiger partial charge in [-0.2, -0.15) is 0 Å². The van der Waals surface area contributed by atoms with Gasteiger partial charge in [-0.05, 0) is 43.8 Å². The van der Waals surface area contributed by atoms with Crippen molar-refractivity contribution in [3.05, 3.63) is 144 Å². The summed E-state index contributed by atoms with van der Waals surface area (Å²) in [6, 6.07) is 45.3. The molecule has 0 saturated heterocycles. The number of rotatable bonds is 5. The predicted octanol–water partition coefficient (Wildman–Crippen LogP) is 8.40. The number of hydrogen-bond acceptors (Lipinski definition) is 0. The minimum atomic E-state index is -2.03. The summed E-state index contributed by atoms with van der Waals surface area (Å²) in [4.78, 5) is 0. The molecule has 0 aliphatic carbocycles. The molecule has 4 aromatic carbocycles. The molecule has 0 aromatic heterocycles. The molecule has 156 valence electrons. The standard InChI is InChI=1S/C31H28Si/c1-3-32(2)30(26-20-12-6-13-21-26)28(24-16-8-4-9-17-24)29(25-18-10-5-11-19-25)31(32)27-22-14-7-15-23-27/h4-23H,3H2,1-2H3. The molecule has 0 N–H and O–H groups in total. The highest BCUT2D eigenvalue weighted by Crippen LogP contribution is 2.56. The Labute approximate surface area is 192 Å². The van der Waals surface area contributed by atoms with Gasteiger partial charge in [-0.3, -0.25) is 0 Å². The lowest BCUT2D eigenvalue weighted by molar-refractivity contribution is 1.40. The Hall–Kier alpha value is -3.42. The Balaban J connectivity index is 1.94. The third-order valence-corrected chi connectivity index (χ3v) is 11.5. The van der Waals surface area contributed by atoms with Crippen LogP contribution in [0.25, 0.3) is 21.5 Å². The summed E-state index contributed by atoms with van der Waals surface area (Å²) in [6.45, 7) is 4.95. The van der Waals surface area contributed by atoms with Crippen LogP contribution in [0.15, 0.2) is 121 Å². The summed E-state index contributed by atoms with van der Waals surface area (Å²) >= 11 is 0. The monoisotopic (exact) mass is 428 g/mol. The molecule has 5 rings (SSSR count). The van der Waals surface area contributed by atoms with Gasteiger partial charge < -0.3 is 0 Å². The first-order valence-corrected chi connectivity index (χ1v) is 14.2. The van der Waals surface area contributed by atoms with E-state index in [0.717, 1.165) is 6.04 Å². The van der Waals surface area contributed by atoms with Gasteiger partial charge in [-0.25, -0.2) is 0 Å². The van der Waals surface area contributed by atoms with Crippen LogP contribution in [-0.2, 0) is 0 Å². The van der Waals surface area contributed by atoms with Crippen molar-refractivity contribution in [1.82, 2.24) is 0 Å². The molecule has 0 amide bonds. The van der Waals surface area contributed by atoms with Gasteiger partial charge in [0.05, 0.1) is 0 Å². The minimum Gasteiger partial charge on any atom is -0.0672 e. The fourth-order valence-corrected chi connectivity index (χ4v) is 9.41. The molecule has 1 aliphatic rings. The van der Waals surface area contributed by atoms with Crippen molar-refractivity contribution in [2.45, 2.75) is 19.5 Å². The summed E-state index contributed by atoms with van der Waals surface area (Å²) in [5.74, 6) is 0. The Kier molecular flexibility index (Phi) is 5.51. The van der Waals surface area contributed by atoms with Crippen molar-refractivity contribution < 1.29 is 0 Å². The normalized spacial score (nSPS) is 15.3. The predicted molar refractivity (Wildman–Crippen MR) is 141 cm³/mol. The average Bonchev–Trinajstić information content (AvgIpc) is 3.16. The molecule has 1 aliphatic heterocycles. The summed E-state index contributed by atoms with van der Waals surface area (Å²) in [5, 5.41) is 3.12. The smallest absolute Gasteiger partial charge is 0.0672 e. The van der Waals surface area contributed by atoms with E-state index in [1.807, 2.05) is 0 Å². The summed E-state index contributed by atoms with van der Waals surface area (Å²) in [5.41, 5.74) is 8.17. The zero-order valence-electron chi connectivity index (χ0n) is 18.8. The van der Waals surface area contributed by atoms with Crippen LogP contribution < -0.4 is 0 Å². The summed E-state index contributed by atoms with van der Waals surface area (Å²) < 4.78 is 0. The quantitative estimate of drug-likeness (QED) is 0.280. The van der Waals surface area contributed by atoms with E-state index in [4.69, 9.17) is 0 Å². The SMILES string of the molecule is CC[Si]1(C)C(c2ccccc2)=C(c2ccccc2)C(c2ccccc2)=C1c1ccccc1. The third kappa shape index (κ3) is 3.39. The largest absolute Gasteiger partial charge is 0.118 e. The van der Waals surface area contributed by atoms with E-state index in [-0.39, 0.29) is 0 Å². The van der Waals surface area contributed by atoms with E-state index in [1.165, 1.54) is 33.4 Å². The van der Waals surface area contributed by atoms with Gasteiger partial charge >= 0.3 is 0 Å². The molecule has 0 unspecified atom stereocenters. The Morgan fingerprint density at radius 2 is 0.719 bits per heavy atom. The van der Waals surface area contributed by atoms with Crippen LogP contribution in [0, 0.1) is 0 Å². The maximum Gasteiger partial charge on any atom is 0.118 e. The van der Waals surface area contributed by atoms with Gasteiger partial charge in [0.15, 0.2) is 0 Å². The minimum absolute atomic E-state index is 1.16. The Bertz CT molecular complexity index is 1170. The molecular formula is C31H28Si. The first-order chi connectivity index (χ1) is 15.7. The van der Waals surface area contributed by atoms with Crippen LogP contribution in [0.1, 0.15) is 29.2 Å². The number of allylic oxidation sites excluding steroid dienone is 2. The second-order valence-corrected chi connectivity index (χ2v) is 13.0. The van der Waals surface area contributed by atoms with Crippen LogP contribution in [0.2, 0.25) is 12.6 Å². The molecule has 0 fully saturated rings. The van der Waals surface area contributed by atoms with Crippen molar-refractivity contribution in [1.29, 1.82) is 0 Å². The first kappa shape index (κ1) is 20.5. The molecule has 0 radical (unpaired) electrons. The van der Waals surface area contributed by atoms with E-state index in [1.54, 1.807) is 10.4 Å². The maximum absolute atomic E-state index is 2.57. The molecule has 0 atom stereocenters. The molecule has 32 heavy (non-hydrogen) atoms. The highest BCUT2D eigenvalue weighted by atomic mass is 28.3. The highest BCUT2D eigenvalue weighted by molar-refractivity contribution is 7.13. The molecular weight excluding hydrogens is 400 g/mol. The summed E-state index contributed by atoms with van der Waals surface area (Å²) in [6.07, 6.45) is 0. The van der Waals surface area contributed by atoms with Crippen molar-refractivity contribution in [3.63, 3.8) is 0 Å². The number of benzene rings is 4. The Morgan fingerprint density at radius 1 is 0.438 bits per heavy atom. The molecule has 0 nitrogen and oxygen atoms in total. The van der Waals surface area contributed by atoms with Gasteiger partial charge in [0.25, 0.3) is 0 Å². The average molecular weight is 429 g/mol. The van der Waals surface area contributed by atoms with Crippen molar-refractivity contribution in [2.24, 2.45) is 0 Å². The van der Waals surface area contributed by atoms with Gasteiger partial charge in [0.2, 0.25) is 0 Å². The van der Waals surface area contributed by atoms with E-state index in [2.05, 4.69) is 135 Å². The van der Waals surface area contributed by atoms with Gasteiger partial charge in [-0.1, -0.05) is 141 Å². The van der Waals surface area contributed by atoms with E-state index < -0.39 is 8.07 Å². The van der Waals surface area contributed by atoms with Gasteiger partial charge in [0, 0.05) is 0 Å². The van der Waals surface area contributed by atoms with E-state index >= 15 is 0 Å². The summed E-state index contributed by atoms with van der Waals surface area (Å²) in [7, 11) is -2.03. The molecule has 0 saturated carbocycles. The highest BCUT2D eigenvalue weighted by Gasteiger charge is 2.45. The topological polar surface area (TPSA) is 0 Å². The van der Waals surface area contributed by atoms with Crippen LogP contribution in [0.5, 0.6) is 0 Å². The first-order valence-electron chi connectivity index (χ1n) is 11.5. The number of hydrogen-bond donors (Lipinski definition) is 0. The van der Waals surface area contributed by atoms with Crippen molar-refractivity contribution in [2.75, 3.05) is 0 Å². The molecule has 4 aromatic rings. The van der Waals surface area contributed by atoms with Crippen LogP contribution >= 0.6 is 0 Å². The zero-order valence-corrected chi connectivity index (χ0v) is 19.8.